The molecule has 1 fully saturated rings. The van der Waals surface area contributed by atoms with Crippen molar-refractivity contribution in [2.75, 3.05) is 13.1 Å². The van der Waals surface area contributed by atoms with Crippen molar-refractivity contribution in [2.24, 2.45) is 5.73 Å². The molecule has 1 saturated heterocycles. The van der Waals surface area contributed by atoms with Crippen LogP contribution in [0.5, 0.6) is 0 Å². The number of halogens is 3. The first-order valence-electron chi connectivity index (χ1n) is 6.12. The van der Waals surface area contributed by atoms with E-state index in [9.17, 15) is 18.0 Å². The highest BCUT2D eigenvalue weighted by atomic mass is 19.4. The fraction of sp³-hybridized carbons (Fsp3) is 0.909. The zero-order chi connectivity index (χ0) is 13.6. The maximum absolute atomic E-state index is 11.9. The molecule has 7 heteroatoms. The first kappa shape index (κ1) is 15.2. The van der Waals surface area contributed by atoms with Crippen molar-refractivity contribution < 1.29 is 22.7 Å². The molecule has 0 radical (unpaired) electrons. The van der Waals surface area contributed by atoms with Crippen LogP contribution in [0.15, 0.2) is 0 Å². The summed E-state index contributed by atoms with van der Waals surface area (Å²) in [5.41, 5.74) is 5.41. The number of unbranched alkanes of at least 4 members (excludes halogenated alkanes) is 1. The lowest BCUT2D eigenvalue weighted by molar-refractivity contribution is -0.135. The number of alkyl halides is 3. The Kier molecular flexibility index (Phi) is 5.87. The number of hydrogen-bond donors (Lipinski definition) is 2. The van der Waals surface area contributed by atoms with Crippen molar-refractivity contribution in [2.45, 2.75) is 50.5 Å². The number of nitrogens with one attached hydrogen (secondary N) is 1. The molecule has 0 aromatic heterocycles. The molecule has 4 nitrogen and oxygen atoms in total. The number of carbonyl (C=O) groups is 1. The standard InChI is InChI=1S/C11H19F3N2O2/c12-11(13,14)5-1-2-6-16-10(17)9-4-3-8(7-15)18-9/h8-9H,1-7,15H2,(H,16,17). The smallest absolute Gasteiger partial charge is 0.364 e. The van der Waals surface area contributed by atoms with Crippen molar-refractivity contribution in [1.29, 1.82) is 0 Å². The maximum atomic E-state index is 11.9. The van der Waals surface area contributed by atoms with Crippen LogP contribution in [0.25, 0.3) is 0 Å². The van der Waals surface area contributed by atoms with E-state index in [0.29, 0.717) is 19.4 Å². The Bertz CT molecular complexity index is 272. The van der Waals surface area contributed by atoms with Crippen LogP contribution in [0.3, 0.4) is 0 Å². The largest absolute Gasteiger partial charge is 0.389 e. The average Bonchev–Trinajstić information content (AvgIpc) is 2.75. The van der Waals surface area contributed by atoms with Crippen molar-refractivity contribution in [1.82, 2.24) is 5.32 Å². The van der Waals surface area contributed by atoms with E-state index in [0.717, 1.165) is 6.42 Å². The lowest BCUT2D eigenvalue weighted by atomic mass is 10.2. The zero-order valence-electron chi connectivity index (χ0n) is 10.1. The van der Waals surface area contributed by atoms with Gasteiger partial charge in [-0.1, -0.05) is 0 Å². The minimum Gasteiger partial charge on any atom is -0.364 e. The first-order chi connectivity index (χ1) is 8.42. The number of ether oxygens (including phenoxy) is 1. The van der Waals surface area contributed by atoms with Crippen LogP contribution in [-0.2, 0) is 9.53 Å². The highest BCUT2D eigenvalue weighted by Gasteiger charge is 2.29. The molecular weight excluding hydrogens is 249 g/mol. The van der Waals surface area contributed by atoms with Gasteiger partial charge in [0.2, 0.25) is 5.91 Å². The number of rotatable bonds is 6. The average molecular weight is 268 g/mol. The van der Waals surface area contributed by atoms with E-state index in [1.807, 2.05) is 0 Å². The van der Waals surface area contributed by atoms with Gasteiger partial charge in [0.25, 0.3) is 0 Å². The second-order valence-electron chi connectivity index (χ2n) is 4.42. The second-order valence-corrected chi connectivity index (χ2v) is 4.42. The normalized spacial score (nSPS) is 24.2. The minimum absolute atomic E-state index is 0.0285. The quantitative estimate of drug-likeness (QED) is 0.714. The van der Waals surface area contributed by atoms with Crippen LogP contribution >= 0.6 is 0 Å². The molecule has 1 rings (SSSR count). The van der Waals surface area contributed by atoms with Crippen LogP contribution in [-0.4, -0.2) is 37.4 Å². The van der Waals surface area contributed by atoms with Crippen LogP contribution in [0.4, 0.5) is 13.2 Å². The number of nitrogens with two attached hydrogens (primary N) is 1. The predicted octanol–water partition coefficient (Wildman–Crippen LogP) is 1.34. The molecule has 1 heterocycles. The van der Waals surface area contributed by atoms with Crippen molar-refractivity contribution in [3.63, 3.8) is 0 Å². The van der Waals surface area contributed by atoms with Gasteiger partial charge in [-0.25, -0.2) is 0 Å². The molecule has 2 unspecified atom stereocenters. The third-order valence-electron chi connectivity index (χ3n) is 2.85. The summed E-state index contributed by atoms with van der Waals surface area (Å²) in [6.45, 7) is 0.636. The molecule has 0 spiro atoms. The molecule has 18 heavy (non-hydrogen) atoms. The van der Waals surface area contributed by atoms with E-state index in [2.05, 4.69) is 5.32 Å². The van der Waals surface area contributed by atoms with Gasteiger partial charge in [-0.15, -0.1) is 0 Å². The number of amides is 1. The predicted molar refractivity (Wildman–Crippen MR) is 59.9 cm³/mol. The van der Waals surface area contributed by atoms with E-state index in [4.69, 9.17) is 10.5 Å². The molecular formula is C11H19F3N2O2. The molecule has 0 aliphatic carbocycles. The Morgan fingerprint density at radius 2 is 2.06 bits per heavy atom. The first-order valence-corrected chi connectivity index (χ1v) is 6.12. The fourth-order valence-electron chi connectivity index (χ4n) is 1.85. The van der Waals surface area contributed by atoms with Gasteiger partial charge >= 0.3 is 6.18 Å². The molecule has 0 saturated carbocycles. The van der Waals surface area contributed by atoms with E-state index in [-0.39, 0.29) is 25.0 Å². The topological polar surface area (TPSA) is 64.4 Å². The molecule has 2 atom stereocenters. The monoisotopic (exact) mass is 268 g/mol. The van der Waals surface area contributed by atoms with E-state index in [1.54, 1.807) is 0 Å². The maximum Gasteiger partial charge on any atom is 0.389 e. The Labute approximate surface area is 104 Å². The van der Waals surface area contributed by atoms with Gasteiger partial charge in [0.1, 0.15) is 6.10 Å². The van der Waals surface area contributed by atoms with Crippen LogP contribution in [0, 0.1) is 0 Å². The lowest BCUT2D eigenvalue weighted by Gasteiger charge is -2.12. The van der Waals surface area contributed by atoms with Crippen LogP contribution in [0.1, 0.15) is 32.1 Å². The summed E-state index contributed by atoms with van der Waals surface area (Å²) in [5.74, 6) is -0.252. The Morgan fingerprint density at radius 1 is 1.33 bits per heavy atom. The van der Waals surface area contributed by atoms with Gasteiger partial charge < -0.3 is 15.8 Å². The Balaban J connectivity index is 2.07. The molecule has 1 amide bonds. The van der Waals surface area contributed by atoms with Crippen LogP contribution in [0.2, 0.25) is 0 Å². The molecule has 1 aliphatic rings. The third kappa shape index (κ3) is 5.68. The van der Waals surface area contributed by atoms with E-state index >= 15 is 0 Å². The highest BCUT2D eigenvalue weighted by molar-refractivity contribution is 5.80. The molecule has 0 aromatic rings. The van der Waals surface area contributed by atoms with Gasteiger partial charge in [0, 0.05) is 19.5 Å². The highest BCUT2D eigenvalue weighted by Crippen LogP contribution is 2.22. The van der Waals surface area contributed by atoms with E-state index < -0.39 is 18.7 Å². The Hall–Kier alpha value is -0.820. The van der Waals surface area contributed by atoms with Crippen molar-refractivity contribution in [3.8, 4) is 0 Å². The van der Waals surface area contributed by atoms with Gasteiger partial charge in [-0.2, -0.15) is 13.2 Å². The summed E-state index contributed by atoms with van der Waals surface area (Å²) in [7, 11) is 0. The Morgan fingerprint density at radius 3 is 2.61 bits per heavy atom. The summed E-state index contributed by atoms with van der Waals surface area (Å²) in [5, 5.41) is 2.58. The van der Waals surface area contributed by atoms with Crippen LogP contribution < -0.4 is 11.1 Å². The summed E-state index contributed by atoms with van der Waals surface area (Å²) >= 11 is 0. The summed E-state index contributed by atoms with van der Waals surface area (Å²) < 4.78 is 40.9. The van der Waals surface area contributed by atoms with Crippen molar-refractivity contribution in [3.05, 3.63) is 0 Å². The number of carbonyl (C=O) groups excluding carboxylic acids is 1. The zero-order valence-corrected chi connectivity index (χ0v) is 10.1. The molecule has 3 N–H and O–H groups in total. The second kappa shape index (κ2) is 6.94. The fourth-order valence-corrected chi connectivity index (χ4v) is 1.85. The molecule has 106 valence electrons. The third-order valence-corrected chi connectivity index (χ3v) is 2.85. The van der Waals surface area contributed by atoms with E-state index in [1.165, 1.54) is 0 Å². The summed E-state index contributed by atoms with van der Waals surface area (Å²) in [6, 6.07) is 0. The molecule has 0 aromatic carbocycles. The van der Waals surface area contributed by atoms with Gasteiger partial charge in [-0.3, -0.25) is 4.79 Å². The SMILES string of the molecule is NCC1CCC(C(=O)NCCCCC(F)(F)F)O1. The number of hydrogen-bond acceptors (Lipinski definition) is 3. The van der Waals surface area contributed by atoms with Crippen molar-refractivity contribution >= 4 is 5.91 Å². The van der Waals surface area contributed by atoms with Gasteiger partial charge in [0.15, 0.2) is 0 Å². The lowest BCUT2D eigenvalue weighted by Crippen LogP contribution is -2.36. The molecule has 1 aliphatic heterocycles. The van der Waals surface area contributed by atoms with Gasteiger partial charge in [-0.05, 0) is 25.7 Å². The summed E-state index contributed by atoms with van der Waals surface area (Å²) in [6.07, 6.45) is -3.78. The summed E-state index contributed by atoms with van der Waals surface area (Å²) in [4.78, 5) is 11.6. The van der Waals surface area contributed by atoms with Gasteiger partial charge in [0.05, 0.1) is 6.10 Å². The minimum atomic E-state index is -4.12. The molecule has 0 bridgehead atoms.